The predicted molar refractivity (Wildman–Crippen MR) is 67.3 cm³/mol. The number of hydrogen-bond donors (Lipinski definition) is 1. The van der Waals surface area contributed by atoms with Gasteiger partial charge in [0.2, 0.25) is 0 Å². The van der Waals surface area contributed by atoms with E-state index in [-0.39, 0.29) is 0 Å². The number of nitrogens with one attached hydrogen (secondary N) is 1. The van der Waals surface area contributed by atoms with Crippen LogP contribution in [-0.4, -0.2) is 25.8 Å². The van der Waals surface area contributed by atoms with Crippen LogP contribution in [0.1, 0.15) is 53.4 Å². The van der Waals surface area contributed by atoms with Crippen LogP contribution in [0.5, 0.6) is 0 Å². The Morgan fingerprint density at radius 2 is 1.87 bits per heavy atom. The quantitative estimate of drug-likeness (QED) is 0.565. The normalized spacial score (nSPS) is 15.2. The molecule has 0 fully saturated rings. The highest BCUT2D eigenvalue weighted by Crippen LogP contribution is 2.08. The lowest BCUT2D eigenvalue weighted by Crippen LogP contribution is -2.18. The first-order valence-corrected chi connectivity index (χ1v) is 6.53. The van der Waals surface area contributed by atoms with Gasteiger partial charge in [0, 0.05) is 6.61 Å². The molecular weight excluding hydrogens is 186 g/mol. The van der Waals surface area contributed by atoms with E-state index in [1.54, 1.807) is 0 Å². The van der Waals surface area contributed by atoms with E-state index in [0.717, 1.165) is 19.7 Å². The highest BCUT2D eigenvalue weighted by atomic mass is 16.5. The first kappa shape index (κ1) is 14.9. The van der Waals surface area contributed by atoms with Gasteiger partial charge in [-0.15, -0.1) is 0 Å². The van der Waals surface area contributed by atoms with Crippen LogP contribution in [0.25, 0.3) is 0 Å². The molecule has 0 spiro atoms. The number of ether oxygens (including phenoxy) is 1. The summed E-state index contributed by atoms with van der Waals surface area (Å²) in [7, 11) is 0. The second-order valence-corrected chi connectivity index (χ2v) is 4.53. The maximum Gasteiger partial charge on any atom is 0.0547 e. The summed E-state index contributed by atoms with van der Waals surface area (Å²) in [5.41, 5.74) is 0. The Kier molecular flexibility index (Phi) is 10.4. The summed E-state index contributed by atoms with van der Waals surface area (Å²) in [5, 5.41) is 3.33. The van der Waals surface area contributed by atoms with E-state index in [9.17, 15) is 0 Å². The standard InChI is InChI=1S/C13H29NO/c1-5-8-12(3)11-15-13(4)9-7-10-14-6-2/h12-14H,5-11H2,1-4H3. The zero-order valence-corrected chi connectivity index (χ0v) is 11.0. The Balaban J connectivity index is 3.28. The largest absolute Gasteiger partial charge is 0.378 e. The summed E-state index contributed by atoms with van der Waals surface area (Å²) < 4.78 is 5.81. The Morgan fingerprint density at radius 1 is 1.13 bits per heavy atom. The molecular formula is C13H29NO. The average Bonchev–Trinajstić information content (AvgIpc) is 2.22. The molecule has 0 radical (unpaired) electrons. The van der Waals surface area contributed by atoms with Crippen LogP contribution < -0.4 is 5.32 Å². The van der Waals surface area contributed by atoms with Gasteiger partial charge in [-0.25, -0.2) is 0 Å². The van der Waals surface area contributed by atoms with Gasteiger partial charge < -0.3 is 10.1 Å². The molecule has 0 heterocycles. The van der Waals surface area contributed by atoms with Gasteiger partial charge in [-0.1, -0.05) is 27.2 Å². The van der Waals surface area contributed by atoms with Crippen molar-refractivity contribution in [1.82, 2.24) is 5.32 Å². The van der Waals surface area contributed by atoms with Crippen molar-refractivity contribution < 1.29 is 4.74 Å². The lowest BCUT2D eigenvalue weighted by molar-refractivity contribution is 0.0360. The average molecular weight is 215 g/mol. The van der Waals surface area contributed by atoms with Crippen LogP contribution in [0.3, 0.4) is 0 Å². The zero-order valence-electron chi connectivity index (χ0n) is 11.0. The Hall–Kier alpha value is -0.0800. The molecule has 0 aliphatic rings. The minimum atomic E-state index is 0.419. The maximum atomic E-state index is 5.81. The van der Waals surface area contributed by atoms with Gasteiger partial charge in [-0.2, -0.15) is 0 Å². The van der Waals surface area contributed by atoms with Crippen LogP contribution in [-0.2, 0) is 4.74 Å². The molecule has 0 aromatic rings. The molecule has 92 valence electrons. The molecule has 2 unspecified atom stereocenters. The Bertz CT molecular complexity index is 128. The maximum absolute atomic E-state index is 5.81. The fourth-order valence-electron chi connectivity index (χ4n) is 1.68. The molecule has 2 nitrogen and oxygen atoms in total. The SMILES string of the molecule is CCCC(C)COC(C)CCCNCC. The third-order valence-electron chi connectivity index (χ3n) is 2.66. The van der Waals surface area contributed by atoms with Gasteiger partial charge in [0.15, 0.2) is 0 Å². The van der Waals surface area contributed by atoms with Crippen molar-refractivity contribution >= 4 is 0 Å². The van der Waals surface area contributed by atoms with Crippen molar-refractivity contribution in [3.8, 4) is 0 Å². The first-order chi connectivity index (χ1) is 7.20. The van der Waals surface area contributed by atoms with Crippen molar-refractivity contribution in [3.05, 3.63) is 0 Å². The highest BCUT2D eigenvalue weighted by molar-refractivity contribution is 4.56. The molecule has 0 bridgehead atoms. The van der Waals surface area contributed by atoms with Gasteiger partial charge in [-0.05, 0) is 45.2 Å². The number of rotatable bonds is 10. The van der Waals surface area contributed by atoms with E-state index in [4.69, 9.17) is 4.74 Å². The van der Waals surface area contributed by atoms with E-state index in [1.807, 2.05) is 0 Å². The van der Waals surface area contributed by atoms with Gasteiger partial charge >= 0.3 is 0 Å². The van der Waals surface area contributed by atoms with Gasteiger partial charge in [0.25, 0.3) is 0 Å². The number of hydrogen-bond acceptors (Lipinski definition) is 2. The second kappa shape index (κ2) is 10.4. The molecule has 0 aromatic heterocycles. The van der Waals surface area contributed by atoms with E-state index < -0.39 is 0 Å². The summed E-state index contributed by atoms with van der Waals surface area (Å²) in [4.78, 5) is 0. The summed E-state index contributed by atoms with van der Waals surface area (Å²) in [6, 6.07) is 0. The van der Waals surface area contributed by atoms with Crippen molar-refractivity contribution in [2.45, 2.75) is 59.5 Å². The van der Waals surface area contributed by atoms with Gasteiger partial charge in [-0.3, -0.25) is 0 Å². The molecule has 15 heavy (non-hydrogen) atoms. The third-order valence-corrected chi connectivity index (χ3v) is 2.66. The molecule has 0 aliphatic carbocycles. The zero-order chi connectivity index (χ0) is 11.5. The molecule has 0 rings (SSSR count). The van der Waals surface area contributed by atoms with Crippen LogP contribution in [0.2, 0.25) is 0 Å². The smallest absolute Gasteiger partial charge is 0.0547 e. The van der Waals surface area contributed by atoms with E-state index in [2.05, 4.69) is 33.0 Å². The lowest BCUT2D eigenvalue weighted by Gasteiger charge is -2.16. The predicted octanol–water partition coefficient (Wildman–Crippen LogP) is 3.22. The monoisotopic (exact) mass is 215 g/mol. The van der Waals surface area contributed by atoms with Gasteiger partial charge in [0.1, 0.15) is 0 Å². The second-order valence-electron chi connectivity index (χ2n) is 4.53. The molecule has 0 saturated carbocycles. The molecule has 1 N–H and O–H groups in total. The highest BCUT2D eigenvalue weighted by Gasteiger charge is 2.05. The van der Waals surface area contributed by atoms with Crippen molar-refractivity contribution in [3.63, 3.8) is 0 Å². The van der Waals surface area contributed by atoms with Crippen LogP contribution in [0.15, 0.2) is 0 Å². The van der Waals surface area contributed by atoms with Gasteiger partial charge in [0.05, 0.1) is 6.10 Å². The third kappa shape index (κ3) is 10.2. The summed E-state index contributed by atoms with van der Waals surface area (Å²) in [6.07, 6.45) is 5.36. The summed E-state index contributed by atoms with van der Waals surface area (Å²) in [6.45, 7) is 12.0. The fourth-order valence-corrected chi connectivity index (χ4v) is 1.68. The van der Waals surface area contributed by atoms with Crippen LogP contribution in [0, 0.1) is 5.92 Å². The van der Waals surface area contributed by atoms with E-state index in [1.165, 1.54) is 25.7 Å². The summed E-state index contributed by atoms with van der Waals surface area (Å²) in [5.74, 6) is 0.714. The molecule has 0 aliphatic heterocycles. The molecule has 2 heteroatoms. The molecule has 0 saturated heterocycles. The van der Waals surface area contributed by atoms with Crippen LogP contribution in [0.4, 0.5) is 0 Å². The minimum absolute atomic E-state index is 0.419. The fraction of sp³-hybridized carbons (Fsp3) is 1.00. The minimum Gasteiger partial charge on any atom is -0.378 e. The molecule has 2 atom stereocenters. The lowest BCUT2D eigenvalue weighted by atomic mass is 10.1. The molecule has 0 aromatic carbocycles. The first-order valence-electron chi connectivity index (χ1n) is 6.53. The van der Waals surface area contributed by atoms with E-state index in [0.29, 0.717) is 12.0 Å². The Labute approximate surface area is 95.8 Å². The van der Waals surface area contributed by atoms with Crippen molar-refractivity contribution in [1.29, 1.82) is 0 Å². The van der Waals surface area contributed by atoms with Crippen LogP contribution >= 0.6 is 0 Å². The Morgan fingerprint density at radius 3 is 2.47 bits per heavy atom. The topological polar surface area (TPSA) is 21.3 Å². The van der Waals surface area contributed by atoms with Crippen molar-refractivity contribution in [2.75, 3.05) is 19.7 Å². The molecule has 0 amide bonds. The van der Waals surface area contributed by atoms with E-state index >= 15 is 0 Å². The summed E-state index contributed by atoms with van der Waals surface area (Å²) >= 11 is 0. The van der Waals surface area contributed by atoms with Crippen molar-refractivity contribution in [2.24, 2.45) is 5.92 Å².